The lowest BCUT2D eigenvalue weighted by Crippen LogP contribution is -2.06. The molecule has 3 heteroatoms. The summed E-state index contributed by atoms with van der Waals surface area (Å²) in [5.41, 5.74) is 0. The van der Waals surface area contributed by atoms with Gasteiger partial charge in [0.2, 0.25) is 0 Å². The van der Waals surface area contributed by atoms with E-state index in [1.54, 1.807) is 0 Å². The quantitative estimate of drug-likeness (QED) is 0.329. The molecule has 0 radical (unpaired) electrons. The Bertz CT molecular complexity index is 170. The summed E-state index contributed by atoms with van der Waals surface area (Å²) in [4.78, 5) is 0. The van der Waals surface area contributed by atoms with Crippen LogP contribution in [0.1, 0.15) is 32.1 Å². The zero-order chi connectivity index (χ0) is 11.0. The average Bonchev–Trinajstić information content (AvgIpc) is 2.09. The van der Waals surface area contributed by atoms with Crippen LogP contribution in [0.15, 0.2) is 25.3 Å². The highest BCUT2D eigenvalue weighted by molar-refractivity contribution is 6.67. The predicted molar refractivity (Wildman–Crippen MR) is 67.3 cm³/mol. The lowest BCUT2D eigenvalue weighted by Gasteiger charge is -2.15. The Labute approximate surface area is 102 Å². The average molecular weight is 256 g/mol. The minimum Gasteiger partial charge on any atom is -0.103 e. The zero-order valence-electron chi connectivity index (χ0n) is 8.32. The highest BCUT2D eigenvalue weighted by atomic mass is 35.6. The molecule has 0 N–H and O–H groups in total. The number of halogens is 3. The fourth-order valence-corrected chi connectivity index (χ4v) is 1.58. The van der Waals surface area contributed by atoms with Gasteiger partial charge in [-0.3, -0.25) is 0 Å². The van der Waals surface area contributed by atoms with E-state index in [1.165, 1.54) is 0 Å². The Balaban J connectivity index is 3.68. The van der Waals surface area contributed by atoms with Crippen LogP contribution in [-0.4, -0.2) is 3.79 Å². The monoisotopic (exact) mass is 254 g/mol. The fraction of sp³-hybridized carbons (Fsp3) is 0.636. The van der Waals surface area contributed by atoms with Crippen LogP contribution in [0.2, 0.25) is 0 Å². The number of hydrogen-bond donors (Lipinski definition) is 0. The van der Waals surface area contributed by atoms with Crippen molar-refractivity contribution in [3.05, 3.63) is 25.3 Å². The van der Waals surface area contributed by atoms with E-state index in [0.717, 1.165) is 25.7 Å². The minimum atomic E-state index is -1.13. The van der Waals surface area contributed by atoms with Crippen LogP contribution in [0.4, 0.5) is 0 Å². The summed E-state index contributed by atoms with van der Waals surface area (Å²) >= 11 is 17.0. The van der Waals surface area contributed by atoms with Crippen molar-refractivity contribution in [3.8, 4) is 0 Å². The SMILES string of the molecule is C=CCCCC(C=C)CCC(Cl)(Cl)Cl. The van der Waals surface area contributed by atoms with Gasteiger partial charge < -0.3 is 0 Å². The normalized spacial score (nSPS) is 13.6. The first-order chi connectivity index (χ1) is 6.49. The summed E-state index contributed by atoms with van der Waals surface area (Å²) in [6, 6.07) is 0. The third kappa shape index (κ3) is 8.93. The first-order valence-corrected chi connectivity index (χ1v) is 5.93. The van der Waals surface area contributed by atoms with Crippen LogP contribution in [0.25, 0.3) is 0 Å². The van der Waals surface area contributed by atoms with E-state index >= 15 is 0 Å². The molecule has 0 fully saturated rings. The van der Waals surface area contributed by atoms with Gasteiger partial charge in [-0.1, -0.05) is 47.0 Å². The molecular formula is C11H17Cl3. The highest BCUT2D eigenvalue weighted by Gasteiger charge is 2.20. The molecule has 0 saturated heterocycles. The molecule has 0 spiro atoms. The van der Waals surface area contributed by atoms with Crippen molar-refractivity contribution in [1.82, 2.24) is 0 Å². The van der Waals surface area contributed by atoms with Gasteiger partial charge in [0, 0.05) is 0 Å². The Morgan fingerprint density at radius 2 is 1.79 bits per heavy atom. The van der Waals surface area contributed by atoms with Crippen LogP contribution in [0.5, 0.6) is 0 Å². The topological polar surface area (TPSA) is 0 Å². The molecule has 82 valence electrons. The molecule has 0 aliphatic heterocycles. The highest BCUT2D eigenvalue weighted by Crippen LogP contribution is 2.33. The van der Waals surface area contributed by atoms with Gasteiger partial charge in [0.05, 0.1) is 0 Å². The number of alkyl halides is 3. The molecule has 0 heterocycles. The van der Waals surface area contributed by atoms with E-state index in [-0.39, 0.29) is 0 Å². The second-order valence-electron chi connectivity index (χ2n) is 3.37. The third-order valence-electron chi connectivity index (χ3n) is 2.12. The van der Waals surface area contributed by atoms with Crippen LogP contribution in [0.3, 0.4) is 0 Å². The van der Waals surface area contributed by atoms with Gasteiger partial charge in [-0.2, -0.15) is 0 Å². The molecule has 0 nitrogen and oxygen atoms in total. The van der Waals surface area contributed by atoms with Crippen molar-refractivity contribution in [2.75, 3.05) is 0 Å². The van der Waals surface area contributed by atoms with Crippen molar-refractivity contribution >= 4 is 34.8 Å². The summed E-state index contributed by atoms with van der Waals surface area (Å²) in [7, 11) is 0. The number of unbranched alkanes of at least 4 members (excludes halogenated alkanes) is 1. The molecule has 0 aliphatic carbocycles. The first-order valence-electron chi connectivity index (χ1n) is 4.80. The molecule has 0 amide bonds. The summed E-state index contributed by atoms with van der Waals surface area (Å²) in [5.74, 6) is 0.450. The van der Waals surface area contributed by atoms with Gasteiger partial charge in [0.1, 0.15) is 0 Å². The van der Waals surface area contributed by atoms with Crippen molar-refractivity contribution in [1.29, 1.82) is 0 Å². The molecule has 0 saturated carbocycles. The number of hydrogen-bond acceptors (Lipinski definition) is 0. The third-order valence-corrected chi connectivity index (χ3v) is 2.68. The number of rotatable bonds is 7. The van der Waals surface area contributed by atoms with Gasteiger partial charge in [-0.05, 0) is 38.0 Å². The van der Waals surface area contributed by atoms with E-state index < -0.39 is 3.79 Å². The van der Waals surface area contributed by atoms with Crippen molar-refractivity contribution < 1.29 is 0 Å². The van der Waals surface area contributed by atoms with Crippen LogP contribution >= 0.6 is 34.8 Å². The van der Waals surface area contributed by atoms with Gasteiger partial charge in [0.15, 0.2) is 3.79 Å². The molecule has 0 aromatic rings. The van der Waals surface area contributed by atoms with E-state index in [9.17, 15) is 0 Å². The first kappa shape index (κ1) is 14.3. The Hall–Kier alpha value is 0.350. The Morgan fingerprint density at radius 3 is 2.21 bits per heavy atom. The van der Waals surface area contributed by atoms with Crippen molar-refractivity contribution in [2.24, 2.45) is 5.92 Å². The summed E-state index contributed by atoms with van der Waals surface area (Å²) in [6.07, 6.45) is 8.60. The minimum absolute atomic E-state index is 0.450. The van der Waals surface area contributed by atoms with E-state index in [4.69, 9.17) is 34.8 Å². The fourth-order valence-electron chi connectivity index (χ4n) is 1.25. The lowest BCUT2D eigenvalue weighted by atomic mass is 9.97. The summed E-state index contributed by atoms with van der Waals surface area (Å²) in [5, 5.41) is 0. The lowest BCUT2D eigenvalue weighted by molar-refractivity contribution is 0.510. The van der Waals surface area contributed by atoms with Gasteiger partial charge >= 0.3 is 0 Å². The van der Waals surface area contributed by atoms with Crippen LogP contribution in [0, 0.1) is 5.92 Å². The van der Waals surface area contributed by atoms with Crippen molar-refractivity contribution in [2.45, 2.75) is 35.9 Å². The van der Waals surface area contributed by atoms with Gasteiger partial charge in [-0.25, -0.2) is 0 Å². The van der Waals surface area contributed by atoms with Gasteiger partial charge in [-0.15, -0.1) is 13.2 Å². The maximum atomic E-state index is 5.68. The van der Waals surface area contributed by atoms with E-state index in [0.29, 0.717) is 12.3 Å². The molecule has 0 rings (SSSR count). The largest absolute Gasteiger partial charge is 0.190 e. The molecule has 1 unspecified atom stereocenters. The Kier molecular flexibility index (Phi) is 7.81. The molecule has 14 heavy (non-hydrogen) atoms. The summed E-state index contributed by atoms with van der Waals surface area (Å²) < 4.78 is -1.13. The Morgan fingerprint density at radius 1 is 1.14 bits per heavy atom. The van der Waals surface area contributed by atoms with Crippen molar-refractivity contribution in [3.63, 3.8) is 0 Å². The second kappa shape index (κ2) is 7.62. The molecule has 0 aromatic carbocycles. The number of allylic oxidation sites excluding steroid dienone is 2. The van der Waals surface area contributed by atoms with Gasteiger partial charge in [0.25, 0.3) is 0 Å². The molecule has 0 aromatic heterocycles. The molecule has 0 bridgehead atoms. The maximum Gasteiger partial charge on any atom is 0.190 e. The predicted octanol–water partition coefficient (Wildman–Crippen LogP) is 5.30. The maximum absolute atomic E-state index is 5.68. The standard InChI is InChI=1S/C11H17Cl3/c1-3-5-6-7-10(4-2)8-9-11(12,13)14/h3-4,10H,1-2,5-9H2. The van der Waals surface area contributed by atoms with E-state index in [2.05, 4.69) is 13.2 Å². The van der Waals surface area contributed by atoms with E-state index in [1.807, 2.05) is 12.2 Å². The molecular weight excluding hydrogens is 238 g/mol. The van der Waals surface area contributed by atoms with Crippen LogP contribution in [-0.2, 0) is 0 Å². The van der Waals surface area contributed by atoms with Crippen LogP contribution < -0.4 is 0 Å². The molecule has 0 aliphatic rings. The smallest absolute Gasteiger partial charge is 0.103 e. The second-order valence-corrected chi connectivity index (χ2v) is 5.89. The summed E-state index contributed by atoms with van der Waals surface area (Å²) in [6.45, 7) is 7.46. The zero-order valence-corrected chi connectivity index (χ0v) is 10.6. The molecule has 1 atom stereocenters.